The zero-order valence-electron chi connectivity index (χ0n) is 12.5. The Morgan fingerprint density at radius 2 is 2.25 bits per heavy atom. The van der Waals surface area contributed by atoms with Gasteiger partial charge >= 0.3 is 0 Å². The second-order valence-electron chi connectivity index (χ2n) is 6.33. The lowest BCUT2D eigenvalue weighted by Crippen LogP contribution is -2.46. The number of halogens is 1. The molecule has 4 nitrogen and oxygen atoms in total. The normalized spacial score (nSPS) is 24.4. The van der Waals surface area contributed by atoms with Crippen molar-refractivity contribution in [2.24, 2.45) is 11.3 Å². The van der Waals surface area contributed by atoms with E-state index in [9.17, 15) is 4.79 Å². The Morgan fingerprint density at radius 1 is 1.55 bits per heavy atom. The number of hydrogen-bond donors (Lipinski definition) is 1. The van der Waals surface area contributed by atoms with Crippen LogP contribution in [0.2, 0.25) is 0 Å². The average Bonchev–Trinajstić information content (AvgIpc) is 2.67. The summed E-state index contributed by atoms with van der Waals surface area (Å²) < 4.78 is 0. The molecule has 0 aromatic carbocycles. The van der Waals surface area contributed by atoms with Crippen molar-refractivity contribution in [3.8, 4) is 0 Å². The predicted molar refractivity (Wildman–Crippen MR) is 81.7 cm³/mol. The van der Waals surface area contributed by atoms with Crippen molar-refractivity contribution in [1.82, 2.24) is 9.91 Å². The summed E-state index contributed by atoms with van der Waals surface area (Å²) in [6.07, 6.45) is 7.40. The third-order valence-electron chi connectivity index (χ3n) is 4.08. The Bertz CT molecular complexity index is 456. The third kappa shape index (κ3) is 2.72. The fraction of sp³-hybridized carbons (Fsp3) is 0.667. The van der Waals surface area contributed by atoms with Crippen LogP contribution >= 0.6 is 11.6 Å². The number of carbonyl (C=O) groups is 1. The van der Waals surface area contributed by atoms with E-state index in [4.69, 9.17) is 17.4 Å². The maximum absolute atomic E-state index is 12.1. The Labute approximate surface area is 126 Å². The van der Waals surface area contributed by atoms with Crippen molar-refractivity contribution in [2.75, 3.05) is 12.4 Å². The molecule has 1 unspecified atom stereocenters. The number of unbranched alkanes of at least 4 members (excludes halogenated alkanes) is 1. The van der Waals surface area contributed by atoms with E-state index in [1.54, 1.807) is 9.91 Å². The van der Waals surface area contributed by atoms with E-state index < -0.39 is 0 Å². The Kier molecular flexibility index (Phi) is 4.45. The number of likely N-dealkylation sites (tertiary alicyclic amines) is 1. The molecule has 5 heteroatoms. The number of amides is 1. The molecule has 1 amide bonds. The number of nitrogens with two attached hydrogens (primary N) is 1. The topological polar surface area (TPSA) is 49.6 Å². The van der Waals surface area contributed by atoms with Crippen LogP contribution in [0.5, 0.6) is 0 Å². The van der Waals surface area contributed by atoms with Crippen LogP contribution in [-0.2, 0) is 4.79 Å². The van der Waals surface area contributed by atoms with Crippen LogP contribution in [-0.4, -0.2) is 34.3 Å². The van der Waals surface area contributed by atoms with Gasteiger partial charge in [-0.3, -0.25) is 4.79 Å². The monoisotopic (exact) mass is 297 g/mol. The number of nitrogens with zero attached hydrogens (tertiary/aromatic N) is 2. The number of fused-ring (bicyclic) bond motifs is 1. The molecule has 1 saturated heterocycles. The van der Waals surface area contributed by atoms with Gasteiger partial charge in [0.2, 0.25) is 5.91 Å². The number of rotatable bonds is 4. The van der Waals surface area contributed by atoms with Crippen LogP contribution in [0.25, 0.3) is 0 Å². The van der Waals surface area contributed by atoms with Gasteiger partial charge < -0.3 is 9.91 Å². The van der Waals surface area contributed by atoms with Gasteiger partial charge in [0.05, 0.1) is 6.04 Å². The summed E-state index contributed by atoms with van der Waals surface area (Å²) in [6.45, 7) is 7.11. The van der Waals surface area contributed by atoms with Crippen LogP contribution in [0, 0.1) is 5.41 Å². The van der Waals surface area contributed by atoms with Gasteiger partial charge in [0.15, 0.2) is 0 Å². The smallest absolute Gasteiger partial charge is 0.241 e. The summed E-state index contributed by atoms with van der Waals surface area (Å²) in [5.41, 5.74) is 2.11. The molecule has 0 aromatic heterocycles. The first-order valence-corrected chi connectivity index (χ1v) is 7.76. The minimum absolute atomic E-state index is 0.0126. The van der Waals surface area contributed by atoms with Gasteiger partial charge in [0, 0.05) is 23.9 Å². The van der Waals surface area contributed by atoms with E-state index in [0.29, 0.717) is 6.54 Å². The lowest BCUT2D eigenvalue weighted by molar-refractivity contribution is -0.126. The zero-order chi connectivity index (χ0) is 14.9. The predicted octanol–water partition coefficient (Wildman–Crippen LogP) is 2.61. The molecule has 2 heterocycles. The van der Waals surface area contributed by atoms with Gasteiger partial charge in [-0.25, -0.2) is 5.84 Å². The molecule has 2 aliphatic heterocycles. The number of hydrogen-bond acceptors (Lipinski definition) is 3. The molecule has 2 aliphatic rings. The molecule has 0 bridgehead atoms. The molecule has 112 valence electrons. The Balaban J connectivity index is 2.32. The van der Waals surface area contributed by atoms with Crippen molar-refractivity contribution in [3.05, 3.63) is 23.5 Å². The van der Waals surface area contributed by atoms with E-state index in [2.05, 4.69) is 26.8 Å². The minimum Gasteiger partial charge on any atom is -0.312 e. The van der Waals surface area contributed by atoms with Gasteiger partial charge in [-0.05, 0) is 24.5 Å². The van der Waals surface area contributed by atoms with Crippen LogP contribution in [0.4, 0.5) is 0 Å². The quantitative estimate of drug-likeness (QED) is 0.641. The first kappa shape index (κ1) is 15.4. The van der Waals surface area contributed by atoms with Crippen molar-refractivity contribution < 1.29 is 4.79 Å². The highest BCUT2D eigenvalue weighted by atomic mass is 35.5. The number of allylic oxidation sites excluding steroid dienone is 2. The molecular formula is C15H24ClN3O. The second-order valence-corrected chi connectivity index (χ2v) is 6.60. The van der Waals surface area contributed by atoms with Gasteiger partial charge in [0.25, 0.3) is 0 Å². The molecule has 1 fully saturated rings. The first-order valence-electron chi connectivity index (χ1n) is 7.22. The molecule has 2 rings (SSSR count). The molecule has 0 spiro atoms. The van der Waals surface area contributed by atoms with Crippen LogP contribution < -0.4 is 5.84 Å². The zero-order valence-corrected chi connectivity index (χ0v) is 13.3. The molecule has 0 saturated carbocycles. The highest BCUT2D eigenvalue weighted by Crippen LogP contribution is 2.42. The standard InChI is InChI=1S/C15H24ClN3O/c1-4-5-6-11-7-12-14(19(17)9-11)15(2,3)10-18(12)13(20)8-16/h7,9,14H,4-6,8,10,17H2,1-3H3. The van der Waals surface area contributed by atoms with E-state index in [1.807, 2.05) is 6.20 Å². The van der Waals surface area contributed by atoms with Crippen molar-refractivity contribution in [2.45, 2.75) is 46.1 Å². The molecule has 2 N–H and O–H groups in total. The van der Waals surface area contributed by atoms with E-state index >= 15 is 0 Å². The van der Waals surface area contributed by atoms with Gasteiger partial charge in [-0.2, -0.15) is 0 Å². The molecule has 0 aromatic rings. The SMILES string of the molecule is CCCCC1=CN(N)C2C(=C1)N(C(=O)CCl)CC2(C)C. The highest BCUT2D eigenvalue weighted by molar-refractivity contribution is 6.27. The number of carbonyl (C=O) groups excluding carboxylic acids is 1. The summed E-state index contributed by atoms with van der Waals surface area (Å²) in [4.78, 5) is 13.9. The van der Waals surface area contributed by atoms with Crippen molar-refractivity contribution in [3.63, 3.8) is 0 Å². The summed E-state index contributed by atoms with van der Waals surface area (Å²) in [7, 11) is 0. The number of alkyl halides is 1. The van der Waals surface area contributed by atoms with E-state index in [-0.39, 0.29) is 23.2 Å². The Hall–Kier alpha value is -1.000. The van der Waals surface area contributed by atoms with E-state index in [0.717, 1.165) is 25.0 Å². The molecule has 0 radical (unpaired) electrons. The first-order chi connectivity index (χ1) is 9.40. The summed E-state index contributed by atoms with van der Waals surface area (Å²) >= 11 is 5.73. The van der Waals surface area contributed by atoms with Crippen molar-refractivity contribution in [1.29, 1.82) is 0 Å². The van der Waals surface area contributed by atoms with Gasteiger partial charge in [-0.15, -0.1) is 11.6 Å². The lowest BCUT2D eigenvalue weighted by atomic mass is 9.84. The Morgan fingerprint density at radius 3 is 2.85 bits per heavy atom. The van der Waals surface area contributed by atoms with Crippen molar-refractivity contribution >= 4 is 17.5 Å². The van der Waals surface area contributed by atoms with Gasteiger partial charge in [0.1, 0.15) is 5.88 Å². The fourth-order valence-electron chi connectivity index (χ4n) is 3.16. The second kappa shape index (κ2) is 5.78. The summed E-state index contributed by atoms with van der Waals surface area (Å²) in [6, 6.07) is 0.0417. The third-order valence-corrected chi connectivity index (χ3v) is 4.31. The lowest BCUT2D eigenvalue weighted by Gasteiger charge is -2.35. The van der Waals surface area contributed by atoms with Gasteiger partial charge in [-0.1, -0.05) is 27.2 Å². The summed E-state index contributed by atoms with van der Waals surface area (Å²) in [5, 5.41) is 1.77. The van der Waals surface area contributed by atoms with Crippen LogP contribution in [0.15, 0.2) is 23.5 Å². The highest BCUT2D eigenvalue weighted by Gasteiger charge is 2.48. The molecule has 20 heavy (non-hydrogen) atoms. The average molecular weight is 298 g/mol. The summed E-state index contributed by atoms with van der Waals surface area (Å²) in [5.74, 6) is 6.18. The fourth-order valence-corrected chi connectivity index (χ4v) is 3.31. The minimum atomic E-state index is -0.0743. The van der Waals surface area contributed by atoms with Crippen LogP contribution in [0.3, 0.4) is 0 Å². The molecule has 0 aliphatic carbocycles. The maximum atomic E-state index is 12.1. The van der Waals surface area contributed by atoms with Crippen LogP contribution in [0.1, 0.15) is 40.0 Å². The largest absolute Gasteiger partial charge is 0.312 e. The molecular weight excluding hydrogens is 274 g/mol. The number of hydrazine groups is 1. The maximum Gasteiger partial charge on any atom is 0.241 e. The molecule has 1 atom stereocenters. The van der Waals surface area contributed by atoms with E-state index in [1.165, 1.54) is 5.57 Å².